The van der Waals surface area contributed by atoms with Crippen LogP contribution in [0.3, 0.4) is 0 Å². The van der Waals surface area contributed by atoms with E-state index in [4.69, 9.17) is 32.7 Å². The van der Waals surface area contributed by atoms with E-state index in [1.54, 1.807) is 34.9 Å². The number of nitrogens with one attached hydrogen (secondary N) is 1. The SMILES string of the molecule is O=C(Nc1c(Cl)cccc1Cl)N1CCSC1c1ccc2c(c1)OCCO2. The first-order chi connectivity index (χ1) is 12.6. The van der Waals surface area contributed by atoms with E-state index in [1.807, 2.05) is 18.2 Å². The van der Waals surface area contributed by atoms with Gasteiger partial charge in [0, 0.05) is 12.3 Å². The van der Waals surface area contributed by atoms with Crippen LogP contribution in [0.15, 0.2) is 36.4 Å². The smallest absolute Gasteiger partial charge is 0.323 e. The third kappa shape index (κ3) is 3.41. The highest BCUT2D eigenvalue weighted by atomic mass is 35.5. The Kier molecular flexibility index (Phi) is 5.07. The molecule has 2 heterocycles. The zero-order chi connectivity index (χ0) is 18.1. The lowest BCUT2D eigenvalue weighted by Crippen LogP contribution is -2.34. The third-order valence-electron chi connectivity index (χ3n) is 4.20. The summed E-state index contributed by atoms with van der Waals surface area (Å²) in [7, 11) is 0. The van der Waals surface area contributed by atoms with Gasteiger partial charge in [0.15, 0.2) is 11.5 Å². The molecule has 2 aliphatic rings. The fraction of sp³-hybridized carbons (Fsp3) is 0.278. The molecule has 1 saturated heterocycles. The van der Waals surface area contributed by atoms with Gasteiger partial charge >= 0.3 is 6.03 Å². The van der Waals surface area contributed by atoms with Crippen molar-refractivity contribution in [3.63, 3.8) is 0 Å². The van der Waals surface area contributed by atoms with Gasteiger partial charge in [0.05, 0.1) is 15.7 Å². The predicted octanol–water partition coefficient (Wildman–Crippen LogP) is 5.04. The van der Waals surface area contributed by atoms with E-state index >= 15 is 0 Å². The molecule has 0 aliphatic carbocycles. The number of anilines is 1. The highest BCUT2D eigenvalue weighted by molar-refractivity contribution is 7.99. The van der Waals surface area contributed by atoms with E-state index in [0.717, 1.165) is 22.8 Å². The van der Waals surface area contributed by atoms with Crippen molar-refractivity contribution in [2.24, 2.45) is 0 Å². The third-order valence-corrected chi connectivity index (χ3v) is 6.09. The highest BCUT2D eigenvalue weighted by Crippen LogP contribution is 2.42. The number of hydrogen-bond acceptors (Lipinski definition) is 4. The standard InChI is InChI=1S/C18H16Cl2N2O3S/c19-12-2-1-3-13(20)16(12)21-18(23)22-6-9-26-17(22)11-4-5-14-15(10-11)25-8-7-24-14/h1-5,10,17H,6-9H2,(H,21,23). The minimum atomic E-state index is -0.232. The predicted molar refractivity (Wildman–Crippen MR) is 105 cm³/mol. The van der Waals surface area contributed by atoms with E-state index in [2.05, 4.69) is 5.32 Å². The molecule has 1 unspecified atom stereocenters. The van der Waals surface area contributed by atoms with Crippen molar-refractivity contribution in [3.8, 4) is 11.5 Å². The van der Waals surface area contributed by atoms with Crippen LogP contribution in [0.2, 0.25) is 10.0 Å². The van der Waals surface area contributed by atoms with E-state index in [0.29, 0.717) is 35.5 Å². The van der Waals surface area contributed by atoms with E-state index in [9.17, 15) is 4.79 Å². The van der Waals surface area contributed by atoms with Crippen molar-refractivity contribution in [2.75, 3.05) is 30.8 Å². The fourth-order valence-electron chi connectivity index (χ4n) is 2.96. The van der Waals surface area contributed by atoms with Crippen molar-refractivity contribution in [1.82, 2.24) is 4.90 Å². The number of fused-ring (bicyclic) bond motifs is 1. The van der Waals surface area contributed by atoms with Gasteiger partial charge in [-0.3, -0.25) is 0 Å². The summed E-state index contributed by atoms with van der Waals surface area (Å²) in [6, 6.07) is 10.7. The van der Waals surface area contributed by atoms with Gasteiger partial charge in [-0.2, -0.15) is 0 Å². The Hall–Kier alpha value is -1.76. The summed E-state index contributed by atoms with van der Waals surface area (Å²) in [6.45, 7) is 1.72. The minimum absolute atomic E-state index is 0.105. The maximum Gasteiger partial charge on any atom is 0.323 e. The second-order valence-electron chi connectivity index (χ2n) is 5.85. The molecule has 0 radical (unpaired) electrons. The number of urea groups is 1. The summed E-state index contributed by atoms with van der Waals surface area (Å²) in [4.78, 5) is 14.6. The molecule has 1 N–H and O–H groups in total. The molecular formula is C18H16Cl2N2O3S. The van der Waals surface area contributed by atoms with Crippen LogP contribution in [-0.2, 0) is 0 Å². The van der Waals surface area contributed by atoms with Crippen LogP contribution in [0.5, 0.6) is 11.5 Å². The number of carbonyl (C=O) groups excluding carboxylic acids is 1. The average Bonchev–Trinajstić information content (AvgIpc) is 3.14. The highest BCUT2D eigenvalue weighted by Gasteiger charge is 2.32. The van der Waals surface area contributed by atoms with Gasteiger partial charge in [-0.1, -0.05) is 35.3 Å². The van der Waals surface area contributed by atoms with E-state index in [-0.39, 0.29) is 11.4 Å². The second-order valence-corrected chi connectivity index (χ2v) is 7.85. The summed E-state index contributed by atoms with van der Waals surface area (Å²) in [6.07, 6.45) is 0. The van der Waals surface area contributed by atoms with Gasteiger partial charge in [-0.05, 0) is 29.8 Å². The molecule has 1 fully saturated rings. The lowest BCUT2D eigenvalue weighted by molar-refractivity contribution is 0.171. The Bertz CT molecular complexity index is 829. The summed E-state index contributed by atoms with van der Waals surface area (Å²) >= 11 is 14.0. The Morgan fingerprint density at radius 3 is 2.62 bits per heavy atom. The zero-order valence-corrected chi connectivity index (χ0v) is 16.0. The average molecular weight is 411 g/mol. The number of nitrogens with zero attached hydrogens (tertiary/aromatic N) is 1. The lowest BCUT2D eigenvalue weighted by Gasteiger charge is -2.26. The van der Waals surface area contributed by atoms with Crippen molar-refractivity contribution >= 4 is 46.7 Å². The number of ether oxygens (including phenoxy) is 2. The molecule has 2 amide bonds. The van der Waals surface area contributed by atoms with Gasteiger partial charge in [0.25, 0.3) is 0 Å². The maximum atomic E-state index is 12.8. The molecule has 0 spiro atoms. The second kappa shape index (κ2) is 7.47. The van der Waals surface area contributed by atoms with Crippen molar-refractivity contribution in [1.29, 1.82) is 0 Å². The molecule has 1 atom stereocenters. The van der Waals surface area contributed by atoms with Gasteiger partial charge in [-0.15, -0.1) is 11.8 Å². The largest absolute Gasteiger partial charge is 0.486 e. The number of hydrogen-bond donors (Lipinski definition) is 1. The van der Waals surface area contributed by atoms with Crippen LogP contribution >= 0.6 is 35.0 Å². The van der Waals surface area contributed by atoms with Gasteiger partial charge in [0.2, 0.25) is 0 Å². The Morgan fingerprint density at radius 2 is 1.85 bits per heavy atom. The topological polar surface area (TPSA) is 50.8 Å². The summed E-state index contributed by atoms with van der Waals surface area (Å²) in [5, 5.41) is 3.55. The quantitative estimate of drug-likeness (QED) is 0.752. The van der Waals surface area contributed by atoms with Crippen molar-refractivity contribution in [3.05, 3.63) is 52.0 Å². The molecule has 26 heavy (non-hydrogen) atoms. The van der Waals surface area contributed by atoms with Crippen LogP contribution in [0.1, 0.15) is 10.9 Å². The van der Waals surface area contributed by atoms with Crippen LogP contribution in [0.4, 0.5) is 10.5 Å². The summed E-state index contributed by atoms with van der Waals surface area (Å²) in [5.41, 5.74) is 1.43. The number of carbonyl (C=O) groups is 1. The number of amides is 2. The molecule has 2 aromatic carbocycles. The number of halogens is 2. The maximum absolute atomic E-state index is 12.8. The molecule has 0 saturated carbocycles. The van der Waals surface area contributed by atoms with Gasteiger partial charge in [0.1, 0.15) is 18.6 Å². The lowest BCUT2D eigenvalue weighted by atomic mass is 10.1. The molecule has 2 aromatic rings. The van der Waals surface area contributed by atoms with Crippen molar-refractivity contribution in [2.45, 2.75) is 5.37 Å². The summed E-state index contributed by atoms with van der Waals surface area (Å²) in [5.74, 6) is 2.31. The first kappa shape index (κ1) is 17.6. The van der Waals surface area contributed by atoms with Crippen LogP contribution in [-0.4, -0.2) is 36.4 Å². The monoisotopic (exact) mass is 410 g/mol. The fourth-order valence-corrected chi connectivity index (χ4v) is 4.70. The number of para-hydroxylation sites is 1. The number of rotatable bonds is 2. The molecule has 5 nitrogen and oxygen atoms in total. The van der Waals surface area contributed by atoms with E-state index < -0.39 is 0 Å². The Labute approximate surface area is 165 Å². The molecule has 136 valence electrons. The normalized spacial score (nSPS) is 18.7. The van der Waals surface area contributed by atoms with E-state index in [1.165, 1.54) is 0 Å². The Balaban J connectivity index is 1.56. The number of benzene rings is 2. The first-order valence-corrected chi connectivity index (χ1v) is 9.97. The molecule has 0 bridgehead atoms. The van der Waals surface area contributed by atoms with Crippen LogP contribution < -0.4 is 14.8 Å². The first-order valence-electron chi connectivity index (χ1n) is 8.16. The molecule has 8 heteroatoms. The van der Waals surface area contributed by atoms with Gasteiger partial charge < -0.3 is 19.7 Å². The zero-order valence-electron chi connectivity index (χ0n) is 13.7. The van der Waals surface area contributed by atoms with Gasteiger partial charge in [-0.25, -0.2) is 4.79 Å². The van der Waals surface area contributed by atoms with Crippen LogP contribution in [0, 0.1) is 0 Å². The summed E-state index contributed by atoms with van der Waals surface area (Å²) < 4.78 is 11.2. The van der Waals surface area contributed by atoms with Crippen LogP contribution in [0.25, 0.3) is 0 Å². The van der Waals surface area contributed by atoms with Crippen molar-refractivity contribution < 1.29 is 14.3 Å². The molecule has 4 rings (SSSR count). The molecule has 2 aliphatic heterocycles. The molecule has 0 aromatic heterocycles. The Morgan fingerprint density at radius 1 is 1.12 bits per heavy atom. The minimum Gasteiger partial charge on any atom is -0.486 e. The number of thioether (sulfide) groups is 1. The molecular weight excluding hydrogens is 395 g/mol.